The molecule has 0 aliphatic carbocycles. The summed E-state index contributed by atoms with van der Waals surface area (Å²) in [6.07, 6.45) is -0.249. The Morgan fingerprint density at radius 3 is 2.79 bits per heavy atom. The van der Waals surface area contributed by atoms with Crippen LogP contribution in [-0.2, 0) is 13.2 Å². The number of thiazole rings is 1. The molecular weight excluding hydrogens is 326 g/mol. The summed E-state index contributed by atoms with van der Waals surface area (Å²) in [6.45, 7) is 3.52. The topological polar surface area (TPSA) is 75.6 Å². The number of hydrogen-bond donors (Lipinski definition) is 3. The van der Waals surface area contributed by atoms with Crippen molar-refractivity contribution in [3.63, 3.8) is 0 Å². The zero-order valence-electron chi connectivity index (χ0n) is 13.7. The van der Waals surface area contributed by atoms with Gasteiger partial charge in [0.15, 0.2) is 0 Å². The minimum absolute atomic E-state index is 0.249. The molecule has 2 aromatic rings. The van der Waals surface area contributed by atoms with E-state index >= 15 is 0 Å². The molecule has 1 aromatic heterocycles. The highest BCUT2D eigenvalue weighted by Crippen LogP contribution is 2.19. The Kier molecular flexibility index (Phi) is 6.03. The predicted octanol–water partition coefficient (Wildman–Crippen LogP) is 1.40. The van der Waals surface area contributed by atoms with Crippen molar-refractivity contribution in [3.05, 3.63) is 40.3 Å². The van der Waals surface area contributed by atoms with Crippen molar-refractivity contribution in [2.45, 2.75) is 19.3 Å². The fourth-order valence-electron chi connectivity index (χ4n) is 2.63. The maximum atomic E-state index is 9.76. The van der Waals surface area contributed by atoms with Gasteiger partial charge < -0.3 is 25.2 Å². The molecule has 2 atom stereocenters. The lowest BCUT2D eigenvalue weighted by Gasteiger charge is -2.13. The number of benzene rings is 1. The number of ether oxygens (including phenoxy) is 2. The maximum absolute atomic E-state index is 9.76. The largest absolute Gasteiger partial charge is 0.497 e. The van der Waals surface area contributed by atoms with E-state index in [9.17, 15) is 5.11 Å². The first-order valence-electron chi connectivity index (χ1n) is 8.04. The van der Waals surface area contributed by atoms with Gasteiger partial charge in [0, 0.05) is 37.5 Å². The number of β-amino-alcohol motifs (C(OH)–C–C–N with tert-alkyl or cyclic N) is 1. The second-order valence-corrected chi connectivity index (χ2v) is 6.76. The van der Waals surface area contributed by atoms with E-state index in [1.54, 1.807) is 18.4 Å². The van der Waals surface area contributed by atoms with E-state index in [0.29, 0.717) is 19.7 Å². The van der Waals surface area contributed by atoms with E-state index in [2.05, 4.69) is 15.6 Å². The molecule has 130 valence electrons. The van der Waals surface area contributed by atoms with E-state index in [1.807, 2.05) is 29.6 Å². The molecule has 3 N–H and O–H groups in total. The van der Waals surface area contributed by atoms with Crippen molar-refractivity contribution >= 4 is 11.3 Å². The van der Waals surface area contributed by atoms with Gasteiger partial charge in [-0.3, -0.25) is 0 Å². The van der Waals surface area contributed by atoms with Gasteiger partial charge in [0.1, 0.15) is 23.1 Å². The first-order valence-corrected chi connectivity index (χ1v) is 8.92. The highest BCUT2D eigenvalue weighted by atomic mass is 32.1. The lowest BCUT2D eigenvalue weighted by Crippen LogP contribution is -2.30. The molecule has 2 unspecified atom stereocenters. The molecule has 0 spiro atoms. The number of rotatable bonds is 8. The number of nitrogens with zero attached hydrogens (tertiary/aromatic N) is 1. The number of nitrogens with one attached hydrogen (secondary N) is 2. The SMILES string of the molecule is COc1ccc(OCc2nc(CNCC3CNCC3O)cs2)cc1. The zero-order valence-corrected chi connectivity index (χ0v) is 14.5. The average Bonchev–Trinajstić information content (AvgIpc) is 3.23. The van der Waals surface area contributed by atoms with Crippen LogP contribution in [0.4, 0.5) is 0 Å². The molecule has 0 amide bonds. The molecule has 2 heterocycles. The van der Waals surface area contributed by atoms with Crippen molar-refractivity contribution in [1.82, 2.24) is 15.6 Å². The summed E-state index contributed by atoms with van der Waals surface area (Å²) in [4.78, 5) is 4.57. The second-order valence-electron chi connectivity index (χ2n) is 5.81. The highest BCUT2D eigenvalue weighted by molar-refractivity contribution is 7.09. The summed E-state index contributed by atoms with van der Waals surface area (Å²) in [5.74, 6) is 1.89. The summed E-state index contributed by atoms with van der Waals surface area (Å²) in [5, 5.41) is 19.3. The Labute approximate surface area is 145 Å². The molecular formula is C17H23N3O3S. The molecule has 1 aromatic carbocycles. The quantitative estimate of drug-likeness (QED) is 0.669. The number of methoxy groups -OCH3 is 1. The Hall–Kier alpha value is -1.67. The first kappa shape index (κ1) is 17.2. The van der Waals surface area contributed by atoms with Gasteiger partial charge in [-0.15, -0.1) is 11.3 Å². The fourth-order valence-corrected chi connectivity index (χ4v) is 3.33. The van der Waals surface area contributed by atoms with E-state index < -0.39 is 0 Å². The summed E-state index contributed by atoms with van der Waals surface area (Å²) in [6, 6.07) is 7.52. The number of aromatic nitrogens is 1. The van der Waals surface area contributed by atoms with E-state index in [0.717, 1.165) is 35.3 Å². The molecule has 0 saturated carbocycles. The van der Waals surface area contributed by atoms with Crippen molar-refractivity contribution < 1.29 is 14.6 Å². The summed E-state index contributed by atoms with van der Waals surface area (Å²) < 4.78 is 10.9. The molecule has 0 radical (unpaired) electrons. The van der Waals surface area contributed by atoms with Gasteiger partial charge in [0.2, 0.25) is 0 Å². The number of hydrogen-bond acceptors (Lipinski definition) is 7. The monoisotopic (exact) mass is 349 g/mol. The van der Waals surface area contributed by atoms with Crippen LogP contribution in [0.3, 0.4) is 0 Å². The van der Waals surface area contributed by atoms with E-state index in [1.165, 1.54) is 0 Å². The van der Waals surface area contributed by atoms with Gasteiger partial charge in [0.25, 0.3) is 0 Å². The molecule has 6 nitrogen and oxygen atoms in total. The van der Waals surface area contributed by atoms with Crippen LogP contribution in [0.2, 0.25) is 0 Å². The molecule has 7 heteroatoms. The van der Waals surface area contributed by atoms with Crippen molar-refractivity contribution in [2.24, 2.45) is 5.92 Å². The maximum Gasteiger partial charge on any atom is 0.140 e. The van der Waals surface area contributed by atoms with Crippen molar-refractivity contribution in [3.8, 4) is 11.5 Å². The lowest BCUT2D eigenvalue weighted by molar-refractivity contribution is 0.146. The van der Waals surface area contributed by atoms with Crippen LogP contribution in [0, 0.1) is 5.92 Å². The summed E-state index contributed by atoms with van der Waals surface area (Å²) >= 11 is 1.60. The third kappa shape index (κ3) is 4.67. The summed E-state index contributed by atoms with van der Waals surface area (Å²) in [5.41, 5.74) is 1.01. The minimum Gasteiger partial charge on any atom is -0.497 e. The molecule has 1 fully saturated rings. The molecule has 24 heavy (non-hydrogen) atoms. The van der Waals surface area contributed by atoms with E-state index in [4.69, 9.17) is 9.47 Å². The van der Waals surface area contributed by atoms with Gasteiger partial charge in [-0.25, -0.2) is 4.98 Å². The first-order chi connectivity index (χ1) is 11.7. The normalized spacial score (nSPS) is 20.2. The minimum atomic E-state index is -0.249. The van der Waals surface area contributed by atoms with E-state index in [-0.39, 0.29) is 12.0 Å². The van der Waals surface area contributed by atoms with Gasteiger partial charge in [-0.2, -0.15) is 0 Å². The lowest BCUT2D eigenvalue weighted by atomic mass is 10.1. The number of aliphatic hydroxyl groups excluding tert-OH is 1. The molecule has 0 bridgehead atoms. The van der Waals surface area contributed by atoms with Crippen LogP contribution in [-0.4, -0.2) is 42.9 Å². The van der Waals surface area contributed by atoms with Crippen LogP contribution < -0.4 is 20.1 Å². The molecule has 1 aliphatic heterocycles. The Morgan fingerprint density at radius 2 is 2.08 bits per heavy atom. The fraction of sp³-hybridized carbons (Fsp3) is 0.471. The molecule has 1 saturated heterocycles. The van der Waals surface area contributed by atoms with Crippen LogP contribution in [0.25, 0.3) is 0 Å². The Bertz CT molecular complexity index is 632. The molecule has 1 aliphatic rings. The standard InChI is InChI=1S/C17H23N3O3S/c1-22-14-2-4-15(5-3-14)23-10-17-20-13(11-24-17)8-18-6-12-7-19-9-16(12)21/h2-5,11-12,16,18-19,21H,6-10H2,1H3. The Balaban J connectivity index is 1.41. The van der Waals surface area contributed by atoms with Gasteiger partial charge >= 0.3 is 0 Å². The van der Waals surface area contributed by atoms with Crippen LogP contribution in [0.15, 0.2) is 29.6 Å². The zero-order chi connectivity index (χ0) is 16.8. The smallest absolute Gasteiger partial charge is 0.140 e. The van der Waals surface area contributed by atoms with Gasteiger partial charge in [0.05, 0.1) is 18.9 Å². The van der Waals surface area contributed by atoms with Crippen molar-refractivity contribution in [2.75, 3.05) is 26.7 Å². The van der Waals surface area contributed by atoms with Crippen LogP contribution in [0.1, 0.15) is 10.7 Å². The summed E-state index contributed by atoms with van der Waals surface area (Å²) in [7, 11) is 1.64. The number of aliphatic hydroxyl groups is 1. The van der Waals surface area contributed by atoms with Crippen LogP contribution in [0.5, 0.6) is 11.5 Å². The van der Waals surface area contributed by atoms with Crippen LogP contribution >= 0.6 is 11.3 Å². The van der Waals surface area contributed by atoms with Crippen molar-refractivity contribution in [1.29, 1.82) is 0 Å². The third-order valence-electron chi connectivity index (χ3n) is 4.04. The molecule has 3 rings (SSSR count). The second kappa shape index (κ2) is 8.43. The highest BCUT2D eigenvalue weighted by Gasteiger charge is 2.24. The van der Waals surface area contributed by atoms with Gasteiger partial charge in [-0.1, -0.05) is 0 Å². The van der Waals surface area contributed by atoms with Gasteiger partial charge in [-0.05, 0) is 24.3 Å². The average molecular weight is 349 g/mol. The third-order valence-corrected chi connectivity index (χ3v) is 4.91. The predicted molar refractivity (Wildman–Crippen MR) is 93.5 cm³/mol. The Morgan fingerprint density at radius 1 is 1.29 bits per heavy atom.